The van der Waals surface area contributed by atoms with Crippen LogP contribution >= 0.6 is 11.6 Å². The van der Waals surface area contributed by atoms with E-state index in [2.05, 4.69) is 13.0 Å². The van der Waals surface area contributed by atoms with Crippen molar-refractivity contribution in [2.45, 2.75) is 44.4 Å². The highest BCUT2D eigenvalue weighted by Gasteiger charge is 2.36. The Kier molecular flexibility index (Phi) is 3.35. The summed E-state index contributed by atoms with van der Waals surface area (Å²) in [6.07, 6.45) is 6.06. The second-order valence-corrected chi connectivity index (χ2v) is 6.02. The summed E-state index contributed by atoms with van der Waals surface area (Å²) >= 11 is 6.44. The Morgan fingerprint density at radius 2 is 2.00 bits per heavy atom. The second kappa shape index (κ2) is 4.88. The van der Waals surface area contributed by atoms with E-state index in [-0.39, 0.29) is 12.2 Å². The van der Waals surface area contributed by atoms with Crippen LogP contribution in [0.1, 0.15) is 43.2 Å². The number of halogens is 1. The molecule has 1 aliphatic heterocycles. The molecule has 4 heteroatoms. The molecule has 1 fully saturated rings. The fraction of sp³-hybridized carbons (Fsp3) is 0.600. The van der Waals surface area contributed by atoms with Gasteiger partial charge in [-0.1, -0.05) is 30.9 Å². The molecule has 0 unspecified atom stereocenters. The average Bonchev–Trinajstić information content (AvgIpc) is 2.92. The molecular formula is C15H20ClNO2. The number of benzene rings is 1. The Hall–Kier alpha value is -0.930. The molecule has 0 bridgehead atoms. The molecule has 3 rings (SSSR count). The van der Waals surface area contributed by atoms with Crippen LogP contribution in [0.15, 0.2) is 6.07 Å². The Morgan fingerprint density at radius 3 is 2.68 bits per heavy atom. The van der Waals surface area contributed by atoms with Gasteiger partial charge in [0, 0.05) is 12.0 Å². The van der Waals surface area contributed by atoms with Crippen LogP contribution in [0.25, 0.3) is 0 Å². The van der Waals surface area contributed by atoms with E-state index in [0.29, 0.717) is 17.3 Å². The Bertz CT molecular complexity index is 495. The quantitative estimate of drug-likeness (QED) is 0.902. The maximum Gasteiger partial charge on any atom is 0.231 e. The first-order valence-corrected chi connectivity index (χ1v) is 7.35. The van der Waals surface area contributed by atoms with Crippen LogP contribution in [0.3, 0.4) is 0 Å². The van der Waals surface area contributed by atoms with Crippen molar-refractivity contribution < 1.29 is 9.47 Å². The third-order valence-corrected chi connectivity index (χ3v) is 5.08. The summed E-state index contributed by atoms with van der Waals surface area (Å²) in [5.41, 5.74) is 8.53. The monoisotopic (exact) mass is 281 g/mol. The van der Waals surface area contributed by atoms with Crippen LogP contribution in [-0.4, -0.2) is 13.3 Å². The lowest BCUT2D eigenvalue weighted by atomic mass is 9.68. The first-order chi connectivity index (χ1) is 9.18. The number of rotatable bonds is 2. The number of hydrogen-bond donors (Lipinski definition) is 1. The summed E-state index contributed by atoms with van der Waals surface area (Å²) in [7, 11) is 0. The molecule has 0 amide bonds. The second-order valence-electron chi connectivity index (χ2n) is 5.64. The molecule has 0 aromatic heterocycles. The van der Waals surface area contributed by atoms with Crippen LogP contribution in [0, 0.1) is 6.92 Å². The van der Waals surface area contributed by atoms with Crippen molar-refractivity contribution >= 4 is 11.6 Å². The molecule has 1 aliphatic carbocycles. The number of hydrogen-bond acceptors (Lipinski definition) is 3. The highest BCUT2D eigenvalue weighted by Crippen LogP contribution is 2.48. The van der Waals surface area contributed by atoms with Crippen molar-refractivity contribution in [1.82, 2.24) is 0 Å². The zero-order valence-corrected chi connectivity index (χ0v) is 12.1. The molecule has 0 radical (unpaired) electrons. The Balaban J connectivity index is 2.11. The highest BCUT2D eigenvalue weighted by atomic mass is 35.5. The van der Waals surface area contributed by atoms with E-state index in [1.807, 2.05) is 0 Å². The van der Waals surface area contributed by atoms with Crippen molar-refractivity contribution in [2.75, 3.05) is 13.3 Å². The SMILES string of the molecule is Cc1c(C2(CN)CCCCC2)cc2c(c1Cl)OCO2. The molecule has 1 saturated carbocycles. The van der Waals surface area contributed by atoms with Crippen LogP contribution < -0.4 is 15.2 Å². The van der Waals surface area contributed by atoms with Crippen molar-refractivity contribution in [3.63, 3.8) is 0 Å². The van der Waals surface area contributed by atoms with E-state index in [1.165, 1.54) is 24.8 Å². The van der Waals surface area contributed by atoms with Crippen LogP contribution in [0.4, 0.5) is 0 Å². The molecule has 19 heavy (non-hydrogen) atoms. The fourth-order valence-corrected chi connectivity index (χ4v) is 3.71. The van der Waals surface area contributed by atoms with Gasteiger partial charge in [-0.25, -0.2) is 0 Å². The summed E-state index contributed by atoms with van der Waals surface area (Å²) in [5.74, 6) is 1.45. The van der Waals surface area contributed by atoms with Gasteiger partial charge >= 0.3 is 0 Å². The fourth-order valence-electron chi connectivity index (χ4n) is 3.46. The van der Waals surface area contributed by atoms with Gasteiger partial charge in [0.2, 0.25) is 6.79 Å². The van der Waals surface area contributed by atoms with Gasteiger partial charge in [0.15, 0.2) is 11.5 Å². The average molecular weight is 282 g/mol. The van der Waals surface area contributed by atoms with E-state index < -0.39 is 0 Å². The molecular weight excluding hydrogens is 262 g/mol. The lowest BCUT2D eigenvalue weighted by molar-refractivity contribution is 0.174. The van der Waals surface area contributed by atoms with Gasteiger partial charge in [0.1, 0.15) is 0 Å². The van der Waals surface area contributed by atoms with E-state index in [1.54, 1.807) is 0 Å². The summed E-state index contributed by atoms with van der Waals surface area (Å²) in [5, 5.41) is 0.684. The van der Waals surface area contributed by atoms with Gasteiger partial charge in [-0.05, 0) is 37.0 Å². The van der Waals surface area contributed by atoms with E-state index in [4.69, 9.17) is 26.8 Å². The summed E-state index contributed by atoms with van der Waals surface area (Å²) in [6.45, 7) is 2.99. The van der Waals surface area contributed by atoms with Crippen LogP contribution in [-0.2, 0) is 5.41 Å². The lowest BCUT2D eigenvalue weighted by Gasteiger charge is -2.38. The molecule has 1 aromatic carbocycles. The molecule has 0 spiro atoms. The summed E-state index contributed by atoms with van der Waals surface area (Å²) in [6, 6.07) is 2.10. The largest absolute Gasteiger partial charge is 0.454 e. The number of fused-ring (bicyclic) bond motifs is 1. The smallest absolute Gasteiger partial charge is 0.231 e. The number of nitrogens with two attached hydrogens (primary N) is 1. The molecule has 2 aliphatic rings. The molecule has 3 nitrogen and oxygen atoms in total. The van der Waals surface area contributed by atoms with E-state index >= 15 is 0 Å². The summed E-state index contributed by atoms with van der Waals surface area (Å²) < 4.78 is 10.9. The normalized spacial score (nSPS) is 20.6. The first kappa shape index (κ1) is 13.1. The molecule has 2 N–H and O–H groups in total. The maximum absolute atomic E-state index is 6.44. The van der Waals surface area contributed by atoms with Crippen molar-refractivity contribution in [2.24, 2.45) is 5.73 Å². The van der Waals surface area contributed by atoms with Crippen molar-refractivity contribution in [3.8, 4) is 11.5 Å². The minimum absolute atomic E-state index is 0.0625. The van der Waals surface area contributed by atoms with Crippen LogP contribution in [0.5, 0.6) is 11.5 Å². The molecule has 0 atom stereocenters. The van der Waals surface area contributed by atoms with Crippen molar-refractivity contribution in [1.29, 1.82) is 0 Å². The molecule has 1 heterocycles. The summed E-state index contributed by atoms with van der Waals surface area (Å²) in [4.78, 5) is 0. The van der Waals surface area contributed by atoms with Crippen molar-refractivity contribution in [3.05, 3.63) is 22.2 Å². The first-order valence-electron chi connectivity index (χ1n) is 6.97. The third kappa shape index (κ3) is 2.00. The maximum atomic E-state index is 6.44. The third-order valence-electron chi connectivity index (χ3n) is 4.62. The topological polar surface area (TPSA) is 44.5 Å². The highest BCUT2D eigenvalue weighted by molar-refractivity contribution is 6.33. The minimum atomic E-state index is 0.0625. The molecule has 104 valence electrons. The standard InChI is InChI=1S/C15H20ClNO2/c1-10-11(15(8-17)5-3-2-4-6-15)7-12-14(13(10)16)19-9-18-12/h7H,2-6,8-9,17H2,1H3. The van der Waals surface area contributed by atoms with E-state index in [0.717, 1.165) is 24.2 Å². The molecule has 0 saturated heterocycles. The van der Waals surface area contributed by atoms with Gasteiger partial charge in [-0.2, -0.15) is 0 Å². The molecule has 1 aromatic rings. The van der Waals surface area contributed by atoms with Gasteiger partial charge in [-0.3, -0.25) is 0 Å². The lowest BCUT2D eigenvalue weighted by Crippen LogP contribution is -2.37. The zero-order valence-electron chi connectivity index (χ0n) is 11.3. The van der Waals surface area contributed by atoms with E-state index in [9.17, 15) is 0 Å². The Labute approximate surface area is 119 Å². The Morgan fingerprint density at radius 1 is 1.26 bits per heavy atom. The van der Waals surface area contributed by atoms with Gasteiger partial charge in [0.25, 0.3) is 0 Å². The van der Waals surface area contributed by atoms with Gasteiger partial charge < -0.3 is 15.2 Å². The van der Waals surface area contributed by atoms with Gasteiger partial charge in [-0.15, -0.1) is 0 Å². The van der Waals surface area contributed by atoms with Crippen LogP contribution in [0.2, 0.25) is 5.02 Å². The minimum Gasteiger partial charge on any atom is -0.454 e. The zero-order chi connectivity index (χ0) is 13.5. The predicted octanol–water partition coefficient (Wildman–Crippen LogP) is 3.54. The van der Waals surface area contributed by atoms with Gasteiger partial charge in [0.05, 0.1) is 5.02 Å². The number of ether oxygens (including phenoxy) is 2. The predicted molar refractivity (Wildman–Crippen MR) is 76.1 cm³/mol.